The van der Waals surface area contributed by atoms with E-state index in [0.29, 0.717) is 13.0 Å². The van der Waals surface area contributed by atoms with E-state index in [0.717, 1.165) is 57.7 Å². The Labute approximate surface area is 156 Å². The van der Waals surface area contributed by atoms with Crippen LogP contribution in [0.4, 0.5) is 0 Å². The molecule has 0 aromatic carbocycles. The second-order valence-corrected chi connectivity index (χ2v) is 6.45. The SMILES string of the molecule is CCNC(=NCC1(O)CCCC1)NC1CCN(C(=O)CC)C1.I. The third-order valence-corrected chi connectivity index (χ3v) is 4.59. The molecule has 1 heterocycles. The van der Waals surface area contributed by atoms with Crippen LogP contribution >= 0.6 is 24.0 Å². The molecular formula is C16H31IN4O2. The number of likely N-dealkylation sites (tertiary alicyclic amines) is 1. The summed E-state index contributed by atoms with van der Waals surface area (Å²) in [5.41, 5.74) is -0.623. The lowest BCUT2D eigenvalue weighted by atomic mass is 10.0. The summed E-state index contributed by atoms with van der Waals surface area (Å²) in [6, 6.07) is 0.242. The topological polar surface area (TPSA) is 77.0 Å². The number of carbonyl (C=O) groups excluding carboxylic acids is 1. The normalized spacial score (nSPS) is 23.5. The van der Waals surface area contributed by atoms with E-state index in [4.69, 9.17) is 0 Å². The summed E-state index contributed by atoms with van der Waals surface area (Å²) in [7, 11) is 0. The van der Waals surface area contributed by atoms with Gasteiger partial charge in [0.25, 0.3) is 0 Å². The first-order valence-electron chi connectivity index (χ1n) is 8.61. The van der Waals surface area contributed by atoms with E-state index in [1.54, 1.807) is 0 Å². The van der Waals surface area contributed by atoms with Crippen LogP contribution in [0.2, 0.25) is 0 Å². The first kappa shape index (κ1) is 20.5. The van der Waals surface area contributed by atoms with Crippen molar-refractivity contribution in [1.29, 1.82) is 0 Å². The van der Waals surface area contributed by atoms with E-state index in [9.17, 15) is 9.90 Å². The van der Waals surface area contributed by atoms with Crippen LogP contribution in [0, 0.1) is 0 Å². The Morgan fingerprint density at radius 3 is 2.65 bits per heavy atom. The molecule has 1 atom stereocenters. The summed E-state index contributed by atoms with van der Waals surface area (Å²) in [6.45, 7) is 6.72. The fraction of sp³-hybridized carbons (Fsp3) is 0.875. The van der Waals surface area contributed by atoms with E-state index in [1.807, 2.05) is 18.7 Å². The van der Waals surface area contributed by atoms with E-state index in [-0.39, 0.29) is 35.9 Å². The molecule has 0 bridgehead atoms. The quantitative estimate of drug-likeness (QED) is 0.345. The molecule has 3 N–H and O–H groups in total. The zero-order chi connectivity index (χ0) is 16.0. The molecule has 23 heavy (non-hydrogen) atoms. The zero-order valence-corrected chi connectivity index (χ0v) is 16.6. The van der Waals surface area contributed by atoms with Crippen molar-refractivity contribution in [3.05, 3.63) is 0 Å². The number of hydrogen-bond donors (Lipinski definition) is 3. The van der Waals surface area contributed by atoms with Gasteiger partial charge in [0.1, 0.15) is 0 Å². The minimum Gasteiger partial charge on any atom is -0.388 e. The Morgan fingerprint density at radius 2 is 2.04 bits per heavy atom. The number of amides is 1. The second-order valence-electron chi connectivity index (χ2n) is 6.45. The molecular weight excluding hydrogens is 407 g/mol. The van der Waals surface area contributed by atoms with Crippen molar-refractivity contribution in [2.75, 3.05) is 26.2 Å². The van der Waals surface area contributed by atoms with Gasteiger partial charge in [-0.3, -0.25) is 9.79 Å². The molecule has 2 aliphatic rings. The van der Waals surface area contributed by atoms with Crippen molar-refractivity contribution in [3.63, 3.8) is 0 Å². The molecule has 1 aliphatic heterocycles. The Balaban J connectivity index is 0.00000264. The maximum Gasteiger partial charge on any atom is 0.222 e. The molecule has 1 saturated carbocycles. The summed E-state index contributed by atoms with van der Waals surface area (Å²) in [5.74, 6) is 0.963. The Hall–Kier alpha value is -0.570. The minimum absolute atomic E-state index is 0. The third kappa shape index (κ3) is 6.10. The first-order valence-corrected chi connectivity index (χ1v) is 8.61. The van der Waals surface area contributed by atoms with Gasteiger partial charge in [-0.1, -0.05) is 19.8 Å². The number of hydrogen-bond acceptors (Lipinski definition) is 3. The van der Waals surface area contributed by atoms with Crippen molar-refractivity contribution in [1.82, 2.24) is 15.5 Å². The largest absolute Gasteiger partial charge is 0.388 e. The number of rotatable bonds is 5. The van der Waals surface area contributed by atoms with Gasteiger partial charge in [0.05, 0.1) is 12.1 Å². The van der Waals surface area contributed by atoms with Gasteiger partial charge in [-0.25, -0.2) is 0 Å². The van der Waals surface area contributed by atoms with Crippen molar-refractivity contribution in [2.45, 2.75) is 64.0 Å². The average Bonchev–Trinajstić information content (AvgIpc) is 3.14. The highest BCUT2D eigenvalue weighted by Crippen LogP contribution is 2.29. The zero-order valence-electron chi connectivity index (χ0n) is 14.3. The standard InChI is InChI=1S/C16H30N4O2.HI/c1-3-14(21)20-10-7-13(11-20)19-15(17-4-2)18-12-16(22)8-5-6-9-16;/h13,22H,3-12H2,1-2H3,(H2,17,18,19);1H. The molecule has 0 spiro atoms. The molecule has 134 valence electrons. The highest BCUT2D eigenvalue weighted by atomic mass is 127. The van der Waals surface area contributed by atoms with Crippen LogP contribution in [-0.4, -0.2) is 59.7 Å². The summed E-state index contributed by atoms with van der Waals surface area (Å²) >= 11 is 0. The molecule has 6 nitrogen and oxygen atoms in total. The predicted molar refractivity (Wildman–Crippen MR) is 103 cm³/mol. The van der Waals surface area contributed by atoms with E-state index in [1.165, 1.54) is 0 Å². The lowest BCUT2D eigenvalue weighted by Gasteiger charge is -2.22. The van der Waals surface area contributed by atoms with Gasteiger partial charge in [0, 0.05) is 32.1 Å². The van der Waals surface area contributed by atoms with Crippen molar-refractivity contribution < 1.29 is 9.90 Å². The Bertz CT molecular complexity index is 411. The van der Waals surface area contributed by atoms with E-state index >= 15 is 0 Å². The fourth-order valence-corrected chi connectivity index (χ4v) is 3.26. The number of halogens is 1. The van der Waals surface area contributed by atoms with Gasteiger partial charge < -0.3 is 20.6 Å². The monoisotopic (exact) mass is 438 g/mol. The molecule has 1 amide bonds. The van der Waals surface area contributed by atoms with Crippen LogP contribution in [0.5, 0.6) is 0 Å². The average molecular weight is 438 g/mol. The van der Waals surface area contributed by atoms with Gasteiger partial charge >= 0.3 is 0 Å². The lowest BCUT2D eigenvalue weighted by Crippen LogP contribution is -2.45. The lowest BCUT2D eigenvalue weighted by molar-refractivity contribution is -0.129. The molecule has 1 unspecified atom stereocenters. The fourth-order valence-electron chi connectivity index (χ4n) is 3.26. The van der Waals surface area contributed by atoms with Crippen LogP contribution in [0.25, 0.3) is 0 Å². The maximum atomic E-state index is 11.7. The van der Waals surface area contributed by atoms with Gasteiger partial charge in [-0.2, -0.15) is 0 Å². The molecule has 0 radical (unpaired) electrons. The number of carbonyl (C=O) groups is 1. The smallest absolute Gasteiger partial charge is 0.222 e. The van der Waals surface area contributed by atoms with Gasteiger partial charge in [0.2, 0.25) is 5.91 Å². The molecule has 2 fully saturated rings. The minimum atomic E-state index is -0.623. The predicted octanol–water partition coefficient (Wildman–Crippen LogP) is 1.48. The third-order valence-electron chi connectivity index (χ3n) is 4.59. The van der Waals surface area contributed by atoms with Gasteiger partial charge in [-0.15, -0.1) is 24.0 Å². The number of guanidine groups is 1. The van der Waals surface area contributed by atoms with Crippen molar-refractivity contribution in [3.8, 4) is 0 Å². The molecule has 2 rings (SSSR count). The number of nitrogens with zero attached hydrogens (tertiary/aromatic N) is 2. The van der Waals surface area contributed by atoms with Gasteiger partial charge in [0.15, 0.2) is 5.96 Å². The Kier molecular flexibility index (Phi) is 8.60. The number of aliphatic imine (C=N–C) groups is 1. The van der Waals surface area contributed by atoms with Crippen LogP contribution in [0.3, 0.4) is 0 Å². The van der Waals surface area contributed by atoms with E-state index < -0.39 is 5.60 Å². The molecule has 0 aromatic rings. The van der Waals surface area contributed by atoms with E-state index in [2.05, 4.69) is 15.6 Å². The molecule has 1 saturated heterocycles. The first-order chi connectivity index (χ1) is 10.6. The van der Waals surface area contributed by atoms with Crippen LogP contribution in [0.1, 0.15) is 52.4 Å². The molecule has 1 aliphatic carbocycles. The molecule has 7 heteroatoms. The highest BCUT2D eigenvalue weighted by molar-refractivity contribution is 14.0. The van der Waals surface area contributed by atoms with Gasteiger partial charge in [-0.05, 0) is 26.2 Å². The van der Waals surface area contributed by atoms with Crippen molar-refractivity contribution >= 4 is 35.8 Å². The number of aliphatic hydroxyl groups is 1. The molecule has 0 aromatic heterocycles. The highest BCUT2D eigenvalue weighted by Gasteiger charge is 2.31. The Morgan fingerprint density at radius 1 is 1.35 bits per heavy atom. The second kappa shape index (κ2) is 9.66. The maximum absolute atomic E-state index is 11.7. The summed E-state index contributed by atoms with van der Waals surface area (Å²) in [4.78, 5) is 18.2. The summed E-state index contributed by atoms with van der Waals surface area (Å²) in [5, 5.41) is 17.0. The summed E-state index contributed by atoms with van der Waals surface area (Å²) in [6.07, 6.45) is 5.38. The van der Waals surface area contributed by atoms with Crippen LogP contribution in [0.15, 0.2) is 4.99 Å². The number of nitrogens with one attached hydrogen (secondary N) is 2. The van der Waals surface area contributed by atoms with Crippen LogP contribution < -0.4 is 10.6 Å². The van der Waals surface area contributed by atoms with Crippen molar-refractivity contribution in [2.24, 2.45) is 4.99 Å². The van der Waals surface area contributed by atoms with Crippen LogP contribution in [-0.2, 0) is 4.79 Å². The summed E-state index contributed by atoms with van der Waals surface area (Å²) < 4.78 is 0.